The highest BCUT2D eigenvalue weighted by Crippen LogP contribution is 2.11. The van der Waals surface area contributed by atoms with E-state index in [1.165, 1.54) is 0 Å². The van der Waals surface area contributed by atoms with E-state index in [-0.39, 0.29) is 12.2 Å². The van der Waals surface area contributed by atoms with Crippen LogP contribution < -0.4 is 0 Å². The van der Waals surface area contributed by atoms with Gasteiger partial charge in [-0.05, 0) is 21.0 Å². The molecule has 1 rings (SSSR count). The maximum absolute atomic E-state index is 12.1. The van der Waals surface area contributed by atoms with Crippen molar-refractivity contribution in [2.45, 2.75) is 19.4 Å². The SMILES string of the molecule is Cc1ccc(C(=O)C(CC(=O)O)N(C)C)cc1. The van der Waals surface area contributed by atoms with Crippen molar-refractivity contribution in [2.24, 2.45) is 0 Å². The monoisotopic (exact) mass is 235 g/mol. The summed E-state index contributed by atoms with van der Waals surface area (Å²) in [5.74, 6) is -1.12. The lowest BCUT2D eigenvalue weighted by molar-refractivity contribution is -0.137. The highest BCUT2D eigenvalue weighted by atomic mass is 16.4. The van der Waals surface area contributed by atoms with Gasteiger partial charge in [-0.25, -0.2) is 0 Å². The van der Waals surface area contributed by atoms with E-state index in [0.29, 0.717) is 5.56 Å². The third kappa shape index (κ3) is 3.67. The quantitative estimate of drug-likeness (QED) is 0.787. The number of carbonyl (C=O) groups is 2. The molecule has 0 aliphatic rings. The molecule has 0 bridgehead atoms. The molecule has 0 aliphatic carbocycles. The molecule has 4 nitrogen and oxygen atoms in total. The van der Waals surface area contributed by atoms with Crippen molar-refractivity contribution in [2.75, 3.05) is 14.1 Å². The van der Waals surface area contributed by atoms with Crippen molar-refractivity contribution in [1.82, 2.24) is 4.90 Å². The van der Waals surface area contributed by atoms with Gasteiger partial charge < -0.3 is 5.11 Å². The first-order valence-electron chi connectivity index (χ1n) is 5.41. The Kier molecular flexibility index (Phi) is 4.40. The van der Waals surface area contributed by atoms with Crippen molar-refractivity contribution < 1.29 is 14.7 Å². The van der Waals surface area contributed by atoms with E-state index in [1.54, 1.807) is 31.1 Å². The fourth-order valence-corrected chi connectivity index (χ4v) is 1.59. The molecule has 1 atom stereocenters. The molecule has 0 heterocycles. The number of Topliss-reactive ketones (excluding diaryl/α,β-unsaturated/α-hetero) is 1. The number of ketones is 1. The highest BCUT2D eigenvalue weighted by Gasteiger charge is 2.24. The van der Waals surface area contributed by atoms with Crippen LogP contribution >= 0.6 is 0 Å². The summed E-state index contributed by atoms with van der Waals surface area (Å²) in [5.41, 5.74) is 1.62. The summed E-state index contributed by atoms with van der Waals surface area (Å²) >= 11 is 0. The Bertz CT molecular complexity index is 409. The topological polar surface area (TPSA) is 57.6 Å². The van der Waals surface area contributed by atoms with Crippen molar-refractivity contribution in [3.8, 4) is 0 Å². The van der Waals surface area contributed by atoms with Gasteiger partial charge in [0, 0.05) is 5.56 Å². The van der Waals surface area contributed by atoms with E-state index in [1.807, 2.05) is 19.1 Å². The molecule has 0 aliphatic heterocycles. The van der Waals surface area contributed by atoms with Crippen molar-refractivity contribution in [1.29, 1.82) is 0 Å². The van der Waals surface area contributed by atoms with Crippen LogP contribution in [-0.2, 0) is 4.79 Å². The summed E-state index contributed by atoms with van der Waals surface area (Å²) in [4.78, 5) is 24.5. The van der Waals surface area contributed by atoms with Crippen molar-refractivity contribution in [3.05, 3.63) is 35.4 Å². The molecule has 0 spiro atoms. The molecule has 0 fully saturated rings. The predicted octanol–water partition coefficient (Wildman–Crippen LogP) is 1.58. The zero-order valence-corrected chi connectivity index (χ0v) is 10.3. The molecule has 92 valence electrons. The lowest BCUT2D eigenvalue weighted by Gasteiger charge is -2.21. The molecule has 0 amide bonds. The van der Waals surface area contributed by atoms with Crippen molar-refractivity contribution in [3.63, 3.8) is 0 Å². The van der Waals surface area contributed by atoms with Gasteiger partial charge in [-0.15, -0.1) is 0 Å². The average molecular weight is 235 g/mol. The number of carbonyl (C=O) groups excluding carboxylic acids is 1. The Hall–Kier alpha value is -1.68. The minimum absolute atomic E-state index is 0.155. The Morgan fingerprint density at radius 2 is 1.76 bits per heavy atom. The minimum Gasteiger partial charge on any atom is -0.481 e. The van der Waals surface area contributed by atoms with Crippen LogP contribution in [0.5, 0.6) is 0 Å². The van der Waals surface area contributed by atoms with Crippen LogP contribution in [0.2, 0.25) is 0 Å². The number of rotatable bonds is 5. The van der Waals surface area contributed by atoms with E-state index >= 15 is 0 Å². The van der Waals surface area contributed by atoms with Crippen LogP contribution in [0.4, 0.5) is 0 Å². The number of likely N-dealkylation sites (N-methyl/N-ethyl adjacent to an activating group) is 1. The predicted molar refractivity (Wildman–Crippen MR) is 65.2 cm³/mol. The van der Waals surface area contributed by atoms with Gasteiger partial charge in [-0.2, -0.15) is 0 Å². The summed E-state index contributed by atoms with van der Waals surface area (Å²) in [7, 11) is 3.42. The normalized spacial score (nSPS) is 12.5. The largest absolute Gasteiger partial charge is 0.481 e. The minimum atomic E-state index is -0.968. The number of carboxylic acid groups (broad SMARTS) is 1. The van der Waals surface area contributed by atoms with Gasteiger partial charge in [0.05, 0.1) is 12.5 Å². The molecule has 0 saturated carbocycles. The number of carboxylic acids is 1. The molecule has 1 aromatic rings. The van der Waals surface area contributed by atoms with Crippen LogP contribution in [0.3, 0.4) is 0 Å². The number of nitrogens with zero attached hydrogens (tertiary/aromatic N) is 1. The van der Waals surface area contributed by atoms with Gasteiger partial charge in [0.15, 0.2) is 5.78 Å². The lowest BCUT2D eigenvalue weighted by Crippen LogP contribution is -2.37. The standard InChI is InChI=1S/C13H17NO3/c1-9-4-6-10(7-5-9)13(17)11(14(2)3)8-12(15)16/h4-7,11H,8H2,1-3H3,(H,15,16). The van der Waals surface area contributed by atoms with E-state index in [4.69, 9.17) is 5.11 Å². The number of aliphatic carboxylic acids is 1. The van der Waals surface area contributed by atoms with Gasteiger partial charge in [0.1, 0.15) is 0 Å². The highest BCUT2D eigenvalue weighted by molar-refractivity contribution is 6.01. The second-order valence-electron chi connectivity index (χ2n) is 4.31. The summed E-state index contributed by atoms with van der Waals surface area (Å²) < 4.78 is 0. The number of benzene rings is 1. The van der Waals surface area contributed by atoms with Gasteiger partial charge in [0.25, 0.3) is 0 Å². The van der Waals surface area contributed by atoms with Crippen LogP contribution in [0.15, 0.2) is 24.3 Å². The lowest BCUT2D eigenvalue weighted by atomic mass is 10.00. The molecule has 17 heavy (non-hydrogen) atoms. The first-order valence-corrected chi connectivity index (χ1v) is 5.41. The molecule has 1 N–H and O–H groups in total. The third-order valence-corrected chi connectivity index (χ3v) is 2.63. The zero-order chi connectivity index (χ0) is 13.0. The zero-order valence-electron chi connectivity index (χ0n) is 10.3. The Morgan fingerprint density at radius 3 is 2.18 bits per heavy atom. The van der Waals surface area contributed by atoms with Gasteiger partial charge in [-0.1, -0.05) is 29.8 Å². The number of hydrogen-bond acceptors (Lipinski definition) is 3. The molecule has 1 unspecified atom stereocenters. The maximum atomic E-state index is 12.1. The Labute approximate surface area is 101 Å². The first-order chi connectivity index (χ1) is 7.91. The second-order valence-corrected chi connectivity index (χ2v) is 4.31. The second kappa shape index (κ2) is 5.59. The van der Waals surface area contributed by atoms with Gasteiger partial charge in [0.2, 0.25) is 0 Å². The Morgan fingerprint density at radius 1 is 1.24 bits per heavy atom. The summed E-state index contributed by atoms with van der Waals surface area (Å²) in [6, 6.07) is 6.54. The average Bonchev–Trinajstić information content (AvgIpc) is 2.25. The molecular weight excluding hydrogens is 218 g/mol. The molecular formula is C13H17NO3. The van der Waals surface area contributed by atoms with Crippen LogP contribution in [0.1, 0.15) is 22.3 Å². The summed E-state index contributed by atoms with van der Waals surface area (Å²) in [6.45, 7) is 1.94. The fraction of sp³-hybridized carbons (Fsp3) is 0.385. The fourth-order valence-electron chi connectivity index (χ4n) is 1.59. The van der Waals surface area contributed by atoms with Crippen molar-refractivity contribution >= 4 is 11.8 Å². The Balaban J connectivity index is 2.91. The van der Waals surface area contributed by atoms with Gasteiger partial charge in [-0.3, -0.25) is 14.5 Å². The molecule has 4 heteroatoms. The smallest absolute Gasteiger partial charge is 0.305 e. The van der Waals surface area contributed by atoms with Crippen LogP contribution in [-0.4, -0.2) is 41.9 Å². The number of aryl methyl sites for hydroxylation is 1. The molecule has 0 saturated heterocycles. The van der Waals surface area contributed by atoms with E-state index in [2.05, 4.69) is 0 Å². The number of hydrogen-bond donors (Lipinski definition) is 1. The summed E-state index contributed by atoms with van der Waals surface area (Å²) in [5, 5.41) is 8.79. The van der Waals surface area contributed by atoms with E-state index < -0.39 is 12.0 Å². The maximum Gasteiger partial charge on any atom is 0.305 e. The van der Waals surface area contributed by atoms with E-state index in [0.717, 1.165) is 5.56 Å². The van der Waals surface area contributed by atoms with Crippen LogP contribution in [0.25, 0.3) is 0 Å². The molecule has 0 radical (unpaired) electrons. The van der Waals surface area contributed by atoms with Gasteiger partial charge >= 0.3 is 5.97 Å². The third-order valence-electron chi connectivity index (χ3n) is 2.63. The molecule has 0 aromatic heterocycles. The van der Waals surface area contributed by atoms with Crippen LogP contribution in [0, 0.1) is 6.92 Å². The first kappa shape index (κ1) is 13.4. The van der Waals surface area contributed by atoms with E-state index in [9.17, 15) is 9.59 Å². The summed E-state index contributed by atoms with van der Waals surface area (Å²) in [6.07, 6.45) is -0.181. The molecule has 1 aromatic carbocycles.